The number of rotatable bonds is 3. The van der Waals surface area contributed by atoms with E-state index in [-0.39, 0.29) is 5.91 Å². The third-order valence-corrected chi connectivity index (χ3v) is 3.75. The topological polar surface area (TPSA) is 55.6 Å². The summed E-state index contributed by atoms with van der Waals surface area (Å²) in [6.07, 6.45) is 3.60. The molecule has 1 aromatic carbocycles. The van der Waals surface area contributed by atoms with Crippen LogP contribution in [0.5, 0.6) is 5.75 Å². The lowest BCUT2D eigenvalue weighted by molar-refractivity contribution is 0.102. The standard InChI is InChI=1S/C14H13N3O2S/c1-9-7-10(3-4-12(9)19-2)15-13(18)11-8-17-5-6-20-14(17)16-11/h3-8H,1-2H3,(H,15,18). The quantitative estimate of drug-likeness (QED) is 0.805. The van der Waals surface area contributed by atoms with E-state index < -0.39 is 0 Å². The van der Waals surface area contributed by atoms with Crippen molar-refractivity contribution in [3.63, 3.8) is 0 Å². The van der Waals surface area contributed by atoms with E-state index in [1.165, 1.54) is 11.3 Å². The van der Waals surface area contributed by atoms with Crippen LogP contribution in [-0.4, -0.2) is 22.4 Å². The molecule has 0 spiro atoms. The average Bonchev–Trinajstić information content (AvgIpc) is 2.99. The Morgan fingerprint density at radius 2 is 2.30 bits per heavy atom. The van der Waals surface area contributed by atoms with Crippen LogP contribution in [0.2, 0.25) is 0 Å². The number of aryl methyl sites for hydroxylation is 1. The molecule has 0 unspecified atom stereocenters. The number of hydrogen-bond donors (Lipinski definition) is 1. The Kier molecular flexibility index (Phi) is 3.15. The summed E-state index contributed by atoms with van der Waals surface area (Å²) in [5.74, 6) is 0.580. The number of fused-ring (bicyclic) bond motifs is 1. The Morgan fingerprint density at radius 1 is 1.45 bits per heavy atom. The summed E-state index contributed by atoms with van der Waals surface area (Å²) in [4.78, 5) is 17.2. The van der Waals surface area contributed by atoms with E-state index in [0.717, 1.165) is 22.0 Å². The number of carbonyl (C=O) groups excluding carboxylic acids is 1. The number of imidazole rings is 1. The molecule has 3 aromatic rings. The SMILES string of the molecule is COc1ccc(NC(=O)c2cn3ccsc3n2)cc1C. The van der Waals surface area contributed by atoms with E-state index in [4.69, 9.17) is 4.74 Å². The third-order valence-electron chi connectivity index (χ3n) is 2.98. The van der Waals surface area contributed by atoms with Crippen LogP contribution in [0.1, 0.15) is 16.1 Å². The predicted octanol–water partition coefficient (Wildman–Crippen LogP) is 2.97. The molecule has 0 aliphatic heterocycles. The Balaban J connectivity index is 1.81. The van der Waals surface area contributed by atoms with E-state index >= 15 is 0 Å². The van der Waals surface area contributed by atoms with Gasteiger partial charge in [-0.1, -0.05) is 0 Å². The van der Waals surface area contributed by atoms with Crippen molar-refractivity contribution in [3.05, 3.63) is 47.2 Å². The fourth-order valence-corrected chi connectivity index (χ4v) is 2.69. The highest BCUT2D eigenvalue weighted by atomic mass is 32.1. The van der Waals surface area contributed by atoms with Crippen molar-refractivity contribution in [2.24, 2.45) is 0 Å². The van der Waals surface area contributed by atoms with E-state index in [1.54, 1.807) is 13.3 Å². The molecule has 1 N–H and O–H groups in total. The molecule has 102 valence electrons. The van der Waals surface area contributed by atoms with Crippen molar-refractivity contribution in [1.29, 1.82) is 0 Å². The zero-order valence-corrected chi connectivity index (χ0v) is 11.9. The zero-order chi connectivity index (χ0) is 14.1. The second-order valence-corrected chi connectivity index (χ2v) is 5.23. The van der Waals surface area contributed by atoms with E-state index in [1.807, 2.05) is 41.1 Å². The molecule has 0 aliphatic rings. The summed E-state index contributed by atoms with van der Waals surface area (Å²) in [5, 5.41) is 4.76. The number of nitrogens with zero attached hydrogens (tertiary/aromatic N) is 2. The minimum Gasteiger partial charge on any atom is -0.496 e. The van der Waals surface area contributed by atoms with Crippen LogP contribution < -0.4 is 10.1 Å². The minimum absolute atomic E-state index is 0.217. The normalized spacial score (nSPS) is 10.7. The maximum atomic E-state index is 12.1. The summed E-state index contributed by atoms with van der Waals surface area (Å²) >= 11 is 1.49. The predicted molar refractivity (Wildman–Crippen MR) is 78.8 cm³/mol. The molecule has 1 amide bonds. The van der Waals surface area contributed by atoms with Crippen LogP contribution >= 0.6 is 11.3 Å². The van der Waals surface area contributed by atoms with E-state index in [2.05, 4.69) is 10.3 Å². The highest BCUT2D eigenvalue weighted by Crippen LogP contribution is 2.22. The number of methoxy groups -OCH3 is 1. The van der Waals surface area contributed by atoms with Gasteiger partial charge < -0.3 is 10.1 Å². The van der Waals surface area contributed by atoms with Gasteiger partial charge >= 0.3 is 0 Å². The first-order valence-corrected chi connectivity index (χ1v) is 6.93. The van der Waals surface area contributed by atoms with Gasteiger partial charge in [0.05, 0.1) is 7.11 Å². The van der Waals surface area contributed by atoms with E-state index in [0.29, 0.717) is 5.69 Å². The molecule has 0 saturated carbocycles. The summed E-state index contributed by atoms with van der Waals surface area (Å²) < 4.78 is 7.02. The summed E-state index contributed by atoms with van der Waals surface area (Å²) in [6.45, 7) is 1.93. The molecule has 6 heteroatoms. The molecule has 0 fully saturated rings. The van der Waals surface area contributed by atoms with Gasteiger partial charge in [0.2, 0.25) is 0 Å². The fraction of sp³-hybridized carbons (Fsp3) is 0.143. The van der Waals surface area contributed by atoms with Gasteiger partial charge in [0.25, 0.3) is 5.91 Å². The Hall–Kier alpha value is -2.34. The van der Waals surface area contributed by atoms with Crippen LogP contribution in [0.4, 0.5) is 5.69 Å². The highest BCUT2D eigenvalue weighted by molar-refractivity contribution is 7.15. The lowest BCUT2D eigenvalue weighted by Gasteiger charge is -2.08. The first-order chi connectivity index (χ1) is 9.67. The van der Waals surface area contributed by atoms with Gasteiger partial charge in [0.1, 0.15) is 11.4 Å². The van der Waals surface area contributed by atoms with Gasteiger partial charge in [0.15, 0.2) is 4.96 Å². The van der Waals surface area contributed by atoms with Crippen LogP contribution in [-0.2, 0) is 0 Å². The van der Waals surface area contributed by atoms with Crippen LogP contribution in [0.15, 0.2) is 36.0 Å². The number of benzene rings is 1. The monoisotopic (exact) mass is 287 g/mol. The average molecular weight is 287 g/mol. The van der Waals surface area contributed by atoms with Crippen LogP contribution in [0.25, 0.3) is 4.96 Å². The molecule has 0 saturated heterocycles. The Bertz CT molecular complexity index is 747. The molecule has 2 heterocycles. The van der Waals surface area contributed by atoms with Gasteiger partial charge in [-0.25, -0.2) is 4.98 Å². The summed E-state index contributed by atoms with van der Waals surface area (Å²) in [7, 11) is 1.62. The maximum Gasteiger partial charge on any atom is 0.275 e. The number of aromatic nitrogens is 2. The smallest absolute Gasteiger partial charge is 0.275 e. The van der Waals surface area contributed by atoms with Gasteiger partial charge in [-0.05, 0) is 30.7 Å². The maximum absolute atomic E-state index is 12.1. The lowest BCUT2D eigenvalue weighted by atomic mass is 10.2. The fourth-order valence-electron chi connectivity index (χ4n) is 1.99. The van der Waals surface area contributed by atoms with Gasteiger partial charge in [0, 0.05) is 23.5 Å². The number of anilines is 1. The molecule has 0 aliphatic carbocycles. The third kappa shape index (κ3) is 2.25. The molecule has 5 nitrogen and oxygen atoms in total. The molecule has 20 heavy (non-hydrogen) atoms. The minimum atomic E-state index is -0.217. The van der Waals surface area contributed by atoms with Gasteiger partial charge in [-0.3, -0.25) is 9.20 Å². The number of ether oxygens (including phenoxy) is 1. The van der Waals surface area contributed by atoms with Gasteiger partial charge in [-0.2, -0.15) is 0 Å². The van der Waals surface area contributed by atoms with Crippen molar-refractivity contribution in [1.82, 2.24) is 9.38 Å². The Morgan fingerprint density at radius 3 is 3.00 bits per heavy atom. The molecule has 0 radical (unpaired) electrons. The molecule has 3 rings (SSSR count). The number of nitrogens with one attached hydrogen (secondary N) is 1. The first kappa shape index (κ1) is 12.7. The number of carbonyl (C=O) groups is 1. The second-order valence-electron chi connectivity index (χ2n) is 4.36. The van der Waals surface area contributed by atoms with Crippen molar-refractivity contribution in [2.45, 2.75) is 6.92 Å². The van der Waals surface area contributed by atoms with Crippen LogP contribution in [0.3, 0.4) is 0 Å². The molecule has 0 atom stereocenters. The second kappa shape index (κ2) is 4.97. The van der Waals surface area contributed by atoms with Crippen LogP contribution in [0, 0.1) is 6.92 Å². The Labute approximate surface area is 119 Å². The first-order valence-electron chi connectivity index (χ1n) is 6.05. The molecular formula is C14H13N3O2S. The summed E-state index contributed by atoms with van der Waals surface area (Å²) in [6, 6.07) is 5.51. The van der Waals surface area contributed by atoms with Gasteiger partial charge in [-0.15, -0.1) is 11.3 Å². The molecule has 0 bridgehead atoms. The zero-order valence-electron chi connectivity index (χ0n) is 11.1. The molecule has 2 aromatic heterocycles. The van der Waals surface area contributed by atoms with Crippen molar-refractivity contribution < 1.29 is 9.53 Å². The number of hydrogen-bond acceptors (Lipinski definition) is 4. The lowest BCUT2D eigenvalue weighted by Crippen LogP contribution is -2.12. The summed E-state index contributed by atoms with van der Waals surface area (Å²) in [5.41, 5.74) is 2.10. The largest absolute Gasteiger partial charge is 0.496 e. The molecular weight excluding hydrogens is 274 g/mol. The van der Waals surface area contributed by atoms with E-state index in [9.17, 15) is 4.79 Å². The van der Waals surface area contributed by atoms with Crippen molar-refractivity contribution in [3.8, 4) is 5.75 Å². The number of thiazole rings is 1. The number of amides is 1. The van der Waals surface area contributed by atoms with Crippen molar-refractivity contribution >= 4 is 27.9 Å². The highest BCUT2D eigenvalue weighted by Gasteiger charge is 2.12. The van der Waals surface area contributed by atoms with Crippen molar-refractivity contribution in [2.75, 3.05) is 12.4 Å².